The van der Waals surface area contributed by atoms with Crippen molar-refractivity contribution >= 4 is 23.2 Å². The molecule has 0 fully saturated rings. The lowest BCUT2D eigenvalue weighted by molar-refractivity contribution is -0.123. The minimum atomic E-state index is -0.242. The quantitative estimate of drug-likeness (QED) is 0.630. The minimum absolute atomic E-state index is 0.144. The van der Waals surface area contributed by atoms with Gasteiger partial charge in [0.1, 0.15) is 5.75 Å². The van der Waals surface area contributed by atoms with E-state index in [1.165, 1.54) is 0 Å². The molecule has 0 aliphatic rings. The van der Waals surface area contributed by atoms with Crippen molar-refractivity contribution in [2.45, 2.75) is 13.1 Å². The number of hydrogen-bond donors (Lipinski definition) is 2. The number of para-hydroxylation sites is 1. The Balaban J connectivity index is 1.53. The number of benzene rings is 2. The van der Waals surface area contributed by atoms with Crippen LogP contribution in [-0.2, 0) is 17.9 Å². The largest absolute Gasteiger partial charge is 0.483 e. The first-order chi connectivity index (χ1) is 13.2. The predicted molar refractivity (Wildman–Crippen MR) is 106 cm³/mol. The minimum Gasteiger partial charge on any atom is -0.483 e. The molecule has 2 aromatic carbocycles. The highest BCUT2D eigenvalue weighted by atomic mass is 32.1. The van der Waals surface area contributed by atoms with Crippen molar-refractivity contribution in [3.05, 3.63) is 88.1 Å². The Bertz CT molecular complexity index is 879. The van der Waals surface area contributed by atoms with E-state index in [0.29, 0.717) is 24.4 Å². The fourth-order valence-electron chi connectivity index (χ4n) is 2.45. The van der Waals surface area contributed by atoms with Gasteiger partial charge in [0.25, 0.3) is 11.8 Å². The van der Waals surface area contributed by atoms with Crippen LogP contribution in [0.2, 0.25) is 0 Å². The Morgan fingerprint density at radius 1 is 0.852 bits per heavy atom. The zero-order valence-electron chi connectivity index (χ0n) is 14.7. The molecular formula is C21H20N2O3S. The Kier molecular flexibility index (Phi) is 6.60. The molecule has 6 heteroatoms. The summed E-state index contributed by atoms with van der Waals surface area (Å²) in [6.07, 6.45) is 0. The number of nitrogens with one attached hydrogen (secondary N) is 2. The first-order valence-electron chi connectivity index (χ1n) is 8.55. The molecule has 0 saturated carbocycles. The van der Waals surface area contributed by atoms with Crippen LogP contribution in [-0.4, -0.2) is 18.4 Å². The number of carbonyl (C=O) groups excluding carboxylic acids is 2. The molecule has 5 nitrogen and oxygen atoms in total. The van der Waals surface area contributed by atoms with Crippen LogP contribution in [0.1, 0.15) is 20.8 Å². The van der Waals surface area contributed by atoms with Crippen molar-refractivity contribution in [1.82, 2.24) is 10.6 Å². The van der Waals surface area contributed by atoms with Crippen molar-refractivity contribution < 1.29 is 14.3 Å². The third kappa shape index (κ3) is 5.69. The molecule has 0 aliphatic heterocycles. The molecule has 0 saturated heterocycles. The maximum atomic E-state index is 12.5. The van der Waals surface area contributed by atoms with E-state index in [2.05, 4.69) is 10.6 Å². The van der Waals surface area contributed by atoms with Crippen LogP contribution >= 0.6 is 11.3 Å². The van der Waals surface area contributed by atoms with Gasteiger partial charge in [-0.25, -0.2) is 0 Å². The smallest absolute Gasteiger partial charge is 0.258 e. The Morgan fingerprint density at radius 2 is 1.63 bits per heavy atom. The molecule has 1 aromatic heterocycles. The van der Waals surface area contributed by atoms with Crippen LogP contribution in [0.3, 0.4) is 0 Å². The average molecular weight is 380 g/mol. The third-order valence-corrected chi connectivity index (χ3v) is 4.70. The lowest BCUT2D eigenvalue weighted by Crippen LogP contribution is -2.29. The summed E-state index contributed by atoms with van der Waals surface area (Å²) in [5.41, 5.74) is 1.41. The second-order valence-corrected chi connectivity index (χ2v) is 6.84. The van der Waals surface area contributed by atoms with Crippen molar-refractivity contribution in [1.29, 1.82) is 0 Å². The molecule has 27 heavy (non-hydrogen) atoms. The van der Waals surface area contributed by atoms with E-state index in [4.69, 9.17) is 4.74 Å². The van der Waals surface area contributed by atoms with Crippen LogP contribution in [0, 0.1) is 0 Å². The second kappa shape index (κ2) is 9.54. The zero-order chi connectivity index (χ0) is 18.9. The molecule has 3 rings (SSSR count). The van der Waals surface area contributed by atoms with Gasteiger partial charge in [0.15, 0.2) is 6.61 Å². The summed E-state index contributed by atoms with van der Waals surface area (Å²) in [6, 6.07) is 20.5. The average Bonchev–Trinajstić information content (AvgIpc) is 3.23. The predicted octanol–water partition coefficient (Wildman–Crippen LogP) is 3.37. The van der Waals surface area contributed by atoms with E-state index in [1.807, 2.05) is 47.8 Å². The lowest BCUT2D eigenvalue weighted by atomic mass is 10.1. The van der Waals surface area contributed by atoms with E-state index in [9.17, 15) is 9.59 Å². The molecule has 3 aromatic rings. The Morgan fingerprint density at radius 3 is 2.41 bits per heavy atom. The maximum Gasteiger partial charge on any atom is 0.258 e. The van der Waals surface area contributed by atoms with Crippen LogP contribution in [0.25, 0.3) is 0 Å². The van der Waals surface area contributed by atoms with Gasteiger partial charge in [0.05, 0.1) is 12.1 Å². The molecule has 2 amide bonds. The lowest BCUT2D eigenvalue weighted by Gasteiger charge is -2.12. The summed E-state index contributed by atoms with van der Waals surface area (Å²) in [6.45, 7) is 0.753. The summed E-state index contributed by atoms with van der Waals surface area (Å²) >= 11 is 1.58. The molecule has 0 unspecified atom stereocenters. The van der Waals surface area contributed by atoms with Gasteiger partial charge >= 0.3 is 0 Å². The molecule has 0 aliphatic carbocycles. The number of carbonyl (C=O) groups is 2. The van der Waals surface area contributed by atoms with Crippen LogP contribution in [0.15, 0.2) is 72.1 Å². The van der Waals surface area contributed by atoms with Gasteiger partial charge in [-0.1, -0.05) is 48.5 Å². The molecule has 1 heterocycles. The standard InChI is InChI=1S/C21H20N2O3S/c24-20(22-14-17-9-6-12-27-17)15-26-19-11-5-4-10-18(19)21(25)23-13-16-7-2-1-3-8-16/h1-12H,13-15H2,(H,22,24)(H,23,25). The van der Waals surface area contributed by atoms with Crippen molar-refractivity contribution in [2.75, 3.05) is 6.61 Å². The van der Waals surface area contributed by atoms with Crippen molar-refractivity contribution in [2.24, 2.45) is 0 Å². The first-order valence-corrected chi connectivity index (χ1v) is 9.43. The molecular weight excluding hydrogens is 360 g/mol. The number of thiophene rings is 1. The van der Waals surface area contributed by atoms with Crippen molar-refractivity contribution in [3.8, 4) is 5.75 Å². The molecule has 0 radical (unpaired) electrons. The number of ether oxygens (including phenoxy) is 1. The van der Waals surface area contributed by atoms with Crippen LogP contribution in [0.4, 0.5) is 0 Å². The van der Waals surface area contributed by atoms with Crippen molar-refractivity contribution in [3.63, 3.8) is 0 Å². The summed E-state index contributed by atoms with van der Waals surface area (Å²) in [4.78, 5) is 25.5. The SMILES string of the molecule is O=C(COc1ccccc1C(=O)NCc1ccccc1)NCc1cccs1. The molecule has 0 bridgehead atoms. The zero-order valence-corrected chi connectivity index (χ0v) is 15.5. The van der Waals surface area contributed by atoms with E-state index in [-0.39, 0.29) is 18.4 Å². The van der Waals surface area contributed by atoms with Crippen LogP contribution in [0.5, 0.6) is 5.75 Å². The van der Waals surface area contributed by atoms with Gasteiger partial charge in [-0.2, -0.15) is 0 Å². The first kappa shape index (κ1) is 18.7. The van der Waals surface area contributed by atoms with E-state index in [0.717, 1.165) is 10.4 Å². The topological polar surface area (TPSA) is 67.4 Å². The normalized spacial score (nSPS) is 10.2. The van der Waals surface area contributed by atoms with Gasteiger partial charge < -0.3 is 15.4 Å². The number of hydrogen-bond acceptors (Lipinski definition) is 4. The van der Waals surface area contributed by atoms with Gasteiger partial charge in [-0.05, 0) is 29.1 Å². The summed E-state index contributed by atoms with van der Waals surface area (Å²) in [5, 5.41) is 7.63. The fourth-order valence-corrected chi connectivity index (χ4v) is 3.09. The Hall–Kier alpha value is -3.12. The van der Waals surface area contributed by atoms with Crippen LogP contribution < -0.4 is 15.4 Å². The maximum absolute atomic E-state index is 12.5. The summed E-state index contributed by atoms with van der Waals surface area (Å²) < 4.78 is 5.57. The molecule has 138 valence electrons. The van der Waals surface area contributed by atoms with E-state index in [1.54, 1.807) is 35.6 Å². The molecule has 0 atom stereocenters. The van der Waals surface area contributed by atoms with Gasteiger partial charge in [0.2, 0.25) is 0 Å². The Labute approximate surface area is 162 Å². The van der Waals surface area contributed by atoms with Gasteiger partial charge in [0, 0.05) is 11.4 Å². The third-order valence-electron chi connectivity index (χ3n) is 3.83. The van der Waals surface area contributed by atoms with E-state index < -0.39 is 0 Å². The number of amides is 2. The fraction of sp³-hybridized carbons (Fsp3) is 0.143. The monoisotopic (exact) mass is 380 g/mol. The summed E-state index contributed by atoms with van der Waals surface area (Å²) in [7, 11) is 0. The van der Waals surface area contributed by atoms with Gasteiger partial charge in [-0.3, -0.25) is 9.59 Å². The molecule has 0 spiro atoms. The summed E-state index contributed by atoms with van der Waals surface area (Å²) in [5.74, 6) is -0.0920. The second-order valence-electron chi connectivity index (χ2n) is 5.81. The molecule has 2 N–H and O–H groups in total. The number of rotatable bonds is 8. The highest BCUT2D eigenvalue weighted by Gasteiger charge is 2.13. The highest BCUT2D eigenvalue weighted by molar-refractivity contribution is 7.09. The highest BCUT2D eigenvalue weighted by Crippen LogP contribution is 2.18. The van der Waals surface area contributed by atoms with Gasteiger partial charge in [-0.15, -0.1) is 11.3 Å². The van der Waals surface area contributed by atoms with E-state index >= 15 is 0 Å².